The first-order valence-electron chi connectivity index (χ1n) is 11.0. The molecule has 0 bridgehead atoms. The smallest absolute Gasteiger partial charge is 0.407 e. The highest BCUT2D eigenvalue weighted by Gasteiger charge is 2.23. The van der Waals surface area contributed by atoms with Gasteiger partial charge in [0, 0.05) is 23.5 Å². The summed E-state index contributed by atoms with van der Waals surface area (Å²) in [6, 6.07) is 10.9. The molecule has 33 heavy (non-hydrogen) atoms. The van der Waals surface area contributed by atoms with Crippen LogP contribution in [-0.2, 0) is 14.8 Å². The van der Waals surface area contributed by atoms with E-state index in [0.29, 0.717) is 5.75 Å². The number of rotatable bonds is 8. The van der Waals surface area contributed by atoms with E-state index in [0.717, 1.165) is 47.5 Å². The number of aliphatic hydroxyl groups excluding tert-OH is 1. The molecule has 182 valence electrons. The zero-order valence-electron chi connectivity index (χ0n) is 19.2. The lowest BCUT2D eigenvalue weighted by Crippen LogP contribution is -2.37. The first kappa shape index (κ1) is 25.5. The fraction of sp³-hybridized carbons (Fsp3) is 0.522. The van der Waals surface area contributed by atoms with Gasteiger partial charge in [-0.3, -0.25) is 0 Å². The van der Waals surface area contributed by atoms with Gasteiger partial charge in [-0.25, -0.2) is 17.9 Å². The Balaban J connectivity index is 1.60. The molecule has 1 aliphatic carbocycles. The second kappa shape index (κ2) is 10.9. The van der Waals surface area contributed by atoms with E-state index >= 15 is 0 Å². The average molecular weight is 497 g/mol. The predicted molar refractivity (Wildman–Crippen MR) is 128 cm³/mol. The Hall–Kier alpha value is -2.14. The molecule has 1 aliphatic rings. The van der Waals surface area contributed by atoms with Gasteiger partial charge in [-0.2, -0.15) is 0 Å². The fourth-order valence-electron chi connectivity index (χ4n) is 3.46. The molecule has 1 amide bonds. The third kappa shape index (κ3) is 7.70. The van der Waals surface area contributed by atoms with Crippen molar-refractivity contribution in [3.63, 3.8) is 0 Å². The molecule has 0 unspecified atom stereocenters. The number of amides is 1. The van der Waals surface area contributed by atoms with Gasteiger partial charge in [0.05, 0.1) is 12.2 Å². The lowest BCUT2D eigenvalue weighted by Gasteiger charge is -2.27. The molecule has 0 aliphatic heterocycles. The first-order valence-corrected chi connectivity index (χ1v) is 13.3. The van der Waals surface area contributed by atoms with E-state index in [4.69, 9.17) is 9.47 Å². The van der Waals surface area contributed by atoms with Crippen molar-refractivity contribution < 1.29 is 27.8 Å². The number of carbonyl (C=O) groups is 1. The summed E-state index contributed by atoms with van der Waals surface area (Å²) in [6.07, 6.45) is 2.23. The summed E-state index contributed by atoms with van der Waals surface area (Å²) < 4.78 is 39.4. The molecule has 2 aromatic rings. The first-order chi connectivity index (χ1) is 15.5. The molecule has 0 spiro atoms. The Morgan fingerprint density at radius 1 is 1.09 bits per heavy atom. The Kier molecular flexibility index (Phi) is 8.38. The second-order valence-corrected chi connectivity index (χ2v) is 12.1. The maximum Gasteiger partial charge on any atom is 0.407 e. The molecule has 3 N–H and O–H groups in total. The maximum atomic E-state index is 12.7. The van der Waals surface area contributed by atoms with Crippen molar-refractivity contribution in [3.8, 4) is 16.2 Å². The van der Waals surface area contributed by atoms with Gasteiger partial charge in [-0.1, -0.05) is 12.1 Å². The minimum atomic E-state index is -3.72. The van der Waals surface area contributed by atoms with Crippen LogP contribution in [0.4, 0.5) is 4.79 Å². The maximum absolute atomic E-state index is 12.7. The minimum Gasteiger partial charge on any atom is -0.490 e. The molecule has 1 saturated carbocycles. The summed E-state index contributed by atoms with van der Waals surface area (Å²) in [7, 11) is -3.72. The van der Waals surface area contributed by atoms with Crippen molar-refractivity contribution in [2.75, 3.05) is 13.1 Å². The molecule has 1 aromatic heterocycles. The number of alkyl carbamates (subject to hydrolysis) is 1. The van der Waals surface area contributed by atoms with Crippen molar-refractivity contribution in [2.24, 2.45) is 0 Å². The number of thiophene rings is 1. The summed E-state index contributed by atoms with van der Waals surface area (Å²) in [5.41, 5.74) is 0.219. The molecule has 0 radical (unpaired) electrons. The molecule has 3 rings (SSSR count). The van der Waals surface area contributed by atoms with Gasteiger partial charge in [0.25, 0.3) is 0 Å². The van der Waals surface area contributed by atoms with E-state index in [1.165, 1.54) is 0 Å². The Morgan fingerprint density at radius 2 is 1.79 bits per heavy atom. The number of nitrogens with one attached hydrogen (secondary N) is 2. The van der Waals surface area contributed by atoms with Gasteiger partial charge in [0.2, 0.25) is 10.0 Å². The van der Waals surface area contributed by atoms with Crippen LogP contribution in [0.5, 0.6) is 5.75 Å². The Morgan fingerprint density at radius 3 is 2.48 bits per heavy atom. The SMILES string of the molecule is CC(C)(C)OC(=O)NCCNS(=O)(=O)c1ccc(-c2ccccc2OC2CCC(O)CC2)s1. The number of para-hydroxylation sites is 1. The highest BCUT2D eigenvalue weighted by atomic mass is 32.2. The third-order valence-electron chi connectivity index (χ3n) is 5.02. The van der Waals surface area contributed by atoms with E-state index in [2.05, 4.69) is 10.0 Å². The van der Waals surface area contributed by atoms with Gasteiger partial charge in [0.15, 0.2) is 0 Å². The molecule has 0 atom stereocenters. The molecule has 1 fully saturated rings. The average Bonchev–Trinajstić information content (AvgIpc) is 3.23. The number of aliphatic hydroxyl groups is 1. The molecule has 0 saturated heterocycles. The van der Waals surface area contributed by atoms with Crippen molar-refractivity contribution in [1.82, 2.24) is 10.0 Å². The van der Waals surface area contributed by atoms with Crippen LogP contribution in [0.15, 0.2) is 40.6 Å². The summed E-state index contributed by atoms with van der Waals surface area (Å²) >= 11 is 1.16. The van der Waals surface area contributed by atoms with E-state index in [1.807, 2.05) is 24.3 Å². The number of ether oxygens (including phenoxy) is 2. The summed E-state index contributed by atoms with van der Waals surface area (Å²) in [6.45, 7) is 5.42. The predicted octanol–water partition coefficient (Wildman–Crippen LogP) is 3.90. The van der Waals surface area contributed by atoms with Crippen LogP contribution in [0.2, 0.25) is 0 Å². The van der Waals surface area contributed by atoms with Crippen molar-refractivity contribution in [2.45, 2.75) is 68.5 Å². The van der Waals surface area contributed by atoms with Crippen LogP contribution in [0, 0.1) is 0 Å². The number of hydrogen-bond donors (Lipinski definition) is 3. The van der Waals surface area contributed by atoms with Gasteiger partial charge >= 0.3 is 6.09 Å². The number of hydrogen-bond acceptors (Lipinski definition) is 7. The largest absolute Gasteiger partial charge is 0.490 e. The van der Waals surface area contributed by atoms with Gasteiger partial charge in [0.1, 0.15) is 15.6 Å². The quantitative estimate of drug-likeness (QED) is 0.478. The van der Waals surface area contributed by atoms with Crippen LogP contribution in [0.25, 0.3) is 10.4 Å². The number of sulfonamides is 1. The van der Waals surface area contributed by atoms with E-state index in [-0.39, 0.29) is 29.5 Å². The molecule has 1 heterocycles. The number of carbonyl (C=O) groups excluding carboxylic acids is 1. The summed E-state index contributed by atoms with van der Waals surface area (Å²) in [4.78, 5) is 12.5. The van der Waals surface area contributed by atoms with Crippen LogP contribution in [0.1, 0.15) is 46.5 Å². The van der Waals surface area contributed by atoms with Crippen LogP contribution in [0.3, 0.4) is 0 Å². The van der Waals surface area contributed by atoms with Gasteiger partial charge < -0.3 is 19.9 Å². The zero-order chi connectivity index (χ0) is 24.1. The van der Waals surface area contributed by atoms with E-state index in [1.54, 1.807) is 32.9 Å². The summed E-state index contributed by atoms with van der Waals surface area (Å²) in [5, 5.41) is 12.2. The number of benzene rings is 1. The van der Waals surface area contributed by atoms with E-state index in [9.17, 15) is 18.3 Å². The molecule has 10 heteroatoms. The highest BCUT2D eigenvalue weighted by molar-refractivity contribution is 7.91. The Labute approximate surface area is 199 Å². The minimum absolute atomic E-state index is 0.0388. The van der Waals surface area contributed by atoms with Crippen LogP contribution in [-0.4, -0.2) is 50.5 Å². The molecular weight excluding hydrogens is 464 g/mol. The van der Waals surface area contributed by atoms with Crippen molar-refractivity contribution in [1.29, 1.82) is 0 Å². The standard InChI is InChI=1S/C23H32N2O6S2/c1-23(2,3)31-22(27)24-14-15-25-33(28,29)21-13-12-20(32-21)18-6-4-5-7-19(18)30-17-10-8-16(26)9-11-17/h4-7,12-13,16-17,25-26H,8-11,14-15H2,1-3H3,(H,24,27). The monoisotopic (exact) mass is 496 g/mol. The Bertz CT molecular complexity index is 1040. The van der Waals surface area contributed by atoms with Crippen molar-refractivity contribution >= 4 is 27.5 Å². The molecular formula is C23H32N2O6S2. The lowest BCUT2D eigenvalue weighted by atomic mass is 9.95. The summed E-state index contributed by atoms with van der Waals surface area (Å²) in [5.74, 6) is 0.708. The second-order valence-electron chi connectivity index (χ2n) is 8.99. The topological polar surface area (TPSA) is 114 Å². The van der Waals surface area contributed by atoms with Crippen molar-refractivity contribution in [3.05, 3.63) is 36.4 Å². The normalized spacial score (nSPS) is 19.2. The zero-order valence-corrected chi connectivity index (χ0v) is 20.8. The lowest BCUT2D eigenvalue weighted by molar-refractivity contribution is 0.0529. The van der Waals surface area contributed by atoms with Gasteiger partial charge in [-0.15, -0.1) is 11.3 Å². The van der Waals surface area contributed by atoms with Crippen LogP contribution >= 0.6 is 11.3 Å². The van der Waals surface area contributed by atoms with E-state index < -0.39 is 21.7 Å². The third-order valence-corrected chi connectivity index (χ3v) is 8.09. The van der Waals surface area contributed by atoms with Crippen LogP contribution < -0.4 is 14.8 Å². The fourth-order valence-corrected chi connectivity index (χ4v) is 5.87. The van der Waals surface area contributed by atoms with Gasteiger partial charge in [-0.05, 0) is 70.7 Å². The molecule has 8 nitrogen and oxygen atoms in total. The highest BCUT2D eigenvalue weighted by Crippen LogP contribution is 2.37. The molecule has 1 aromatic carbocycles.